The number of carbonyl (C=O) groups is 1. The fourth-order valence-electron chi connectivity index (χ4n) is 3.78. The number of anilines is 1. The summed E-state index contributed by atoms with van der Waals surface area (Å²) in [6.07, 6.45) is 5.50. The molecule has 0 unspecified atom stereocenters. The van der Waals surface area contributed by atoms with Crippen LogP contribution in [0.1, 0.15) is 47.7 Å². The molecular weight excluding hydrogens is 326 g/mol. The van der Waals surface area contributed by atoms with Crippen molar-refractivity contribution in [1.29, 1.82) is 0 Å². The number of nitrogens with zero attached hydrogens (tertiary/aromatic N) is 3. The molecule has 1 aromatic heterocycles. The van der Waals surface area contributed by atoms with Gasteiger partial charge in [0.2, 0.25) is 0 Å². The third-order valence-corrected chi connectivity index (χ3v) is 5.44. The standard InChI is InChI=1S/C20H25N5O/c21-16-10-15(11-16)18-12-19(23-13-22-18)24-17-6-8-25(9-7-17)20(26)14-4-2-1-3-5-14/h1-5,12-13,15-17H,6-11,21H2,(H,22,23,24). The zero-order valence-electron chi connectivity index (χ0n) is 14.8. The third-order valence-electron chi connectivity index (χ3n) is 5.44. The summed E-state index contributed by atoms with van der Waals surface area (Å²) in [5.41, 5.74) is 7.73. The topological polar surface area (TPSA) is 84.1 Å². The highest BCUT2D eigenvalue weighted by molar-refractivity contribution is 5.94. The summed E-state index contributed by atoms with van der Waals surface area (Å²) in [6.45, 7) is 1.53. The number of rotatable bonds is 4. The van der Waals surface area contributed by atoms with E-state index in [0.717, 1.165) is 55.8 Å². The van der Waals surface area contributed by atoms with Gasteiger partial charge in [0.25, 0.3) is 5.91 Å². The Morgan fingerprint density at radius 3 is 2.54 bits per heavy atom. The minimum Gasteiger partial charge on any atom is -0.367 e. The van der Waals surface area contributed by atoms with Gasteiger partial charge in [0, 0.05) is 48.4 Å². The summed E-state index contributed by atoms with van der Waals surface area (Å²) in [6, 6.07) is 12.2. The predicted molar refractivity (Wildman–Crippen MR) is 101 cm³/mol. The van der Waals surface area contributed by atoms with Gasteiger partial charge >= 0.3 is 0 Å². The van der Waals surface area contributed by atoms with Crippen molar-refractivity contribution in [1.82, 2.24) is 14.9 Å². The molecule has 2 heterocycles. The smallest absolute Gasteiger partial charge is 0.253 e. The lowest BCUT2D eigenvalue weighted by Gasteiger charge is -2.33. The Morgan fingerprint density at radius 2 is 1.85 bits per heavy atom. The van der Waals surface area contributed by atoms with E-state index in [0.29, 0.717) is 18.0 Å². The normalized spacial score (nSPS) is 23.3. The summed E-state index contributed by atoms with van der Waals surface area (Å²) in [5, 5.41) is 3.51. The van der Waals surface area contributed by atoms with E-state index >= 15 is 0 Å². The van der Waals surface area contributed by atoms with Crippen LogP contribution in [0.3, 0.4) is 0 Å². The molecule has 1 saturated heterocycles. The largest absolute Gasteiger partial charge is 0.367 e. The molecule has 0 radical (unpaired) electrons. The summed E-state index contributed by atoms with van der Waals surface area (Å²) < 4.78 is 0. The summed E-state index contributed by atoms with van der Waals surface area (Å²) >= 11 is 0. The first kappa shape index (κ1) is 17.0. The molecule has 2 aliphatic rings. The Bertz CT molecular complexity index is 752. The maximum Gasteiger partial charge on any atom is 0.253 e. The van der Waals surface area contributed by atoms with Crippen molar-refractivity contribution < 1.29 is 4.79 Å². The molecule has 0 spiro atoms. The second kappa shape index (κ2) is 7.41. The maximum absolute atomic E-state index is 12.5. The molecule has 1 aliphatic carbocycles. The number of carbonyl (C=O) groups excluding carboxylic acids is 1. The molecule has 4 rings (SSSR count). The molecule has 0 bridgehead atoms. The van der Waals surface area contributed by atoms with E-state index in [9.17, 15) is 4.79 Å². The Morgan fingerprint density at radius 1 is 1.12 bits per heavy atom. The SMILES string of the molecule is NC1CC(c2cc(NC3CCN(C(=O)c4ccccc4)CC3)ncn2)C1. The van der Waals surface area contributed by atoms with Gasteiger partial charge in [-0.1, -0.05) is 18.2 Å². The van der Waals surface area contributed by atoms with Crippen LogP contribution >= 0.6 is 0 Å². The first-order chi connectivity index (χ1) is 12.7. The Kier molecular flexibility index (Phi) is 4.84. The summed E-state index contributed by atoms with van der Waals surface area (Å²) in [7, 11) is 0. The fourth-order valence-corrected chi connectivity index (χ4v) is 3.78. The number of benzene rings is 1. The Balaban J connectivity index is 1.31. The molecule has 1 saturated carbocycles. The number of hydrogen-bond acceptors (Lipinski definition) is 5. The van der Waals surface area contributed by atoms with Crippen molar-refractivity contribution in [2.24, 2.45) is 5.73 Å². The minimum atomic E-state index is 0.120. The van der Waals surface area contributed by atoms with Crippen molar-refractivity contribution in [3.63, 3.8) is 0 Å². The molecule has 0 atom stereocenters. The van der Waals surface area contributed by atoms with Gasteiger partial charge in [0.15, 0.2) is 0 Å². The zero-order chi connectivity index (χ0) is 17.9. The zero-order valence-corrected chi connectivity index (χ0v) is 14.8. The number of nitrogens with two attached hydrogens (primary N) is 1. The van der Waals surface area contributed by atoms with Crippen LogP contribution in [-0.2, 0) is 0 Å². The molecule has 3 N–H and O–H groups in total. The number of nitrogens with one attached hydrogen (secondary N) is 1. The van der Waals surface area contributed by atoms with Gasteiger partial charge in [-0.25, -0.2) is 9.97 Å². The lowest BCUT2D eigenvalue weighted by Crippen LogP contribution is -2.42. The molecule has 6 heteroatoms. The van der Waals surface area contributed by atoms with Gasteiger partial charge in [0.05, 0.1) is 0 Å². The van der Waals surface area contributed by atoms with E-state index in [1.807, 2.05) is 35.2 Å². The molecule has 136 valence electrons. The highest BCUT2D eigenvalue weighted by Crippen LogP contribution is 2.35. The quantitative estimate of drug-likeness (QED) is 0.884. The highest BCUT2D eigenvalue weighted by atomic mass is 16.2. The number of amides is 1. The van der Waals surface area contributed by atoms with Gasteiger partial charge in [-0.15, -0.1) is 0 Å². The molecule has 1 aliphatic heterocycles. The molecule has 6 nitrogen and oxygen atoms in total. The number of hydrogen-bond donors (Lipinski definition) is 2. The van der Waals surface area contributed by atoms with Crippen LogP contribution in [-0.4, -0.2) is 45.9 Å². The molecular formula is C20H25N5O. The number of aromatic nitrogens is 2. The first-order valence-corrected chi connectivity index (χ1v) is 9.37. The maximum atomic E-state index is 12.5. The van der Waals surface area contributed by atoms with Crippen LogP contribution in [0, 0.1) is 0 Å². The second-order valence-electron chi connectivity index (χ2n) is 7.33. The van der Waals surface area contributed by atoms with Crippen molar-refractivity contribution in [3.8, 4) is 0 Å². The molecule has 2 aromatic rings. The lowest BCUT2D eigenvalue weighted by atomic mass is 9.78. The van der Waals surface area contributed by atoms with Crippen molar-refractivity contribution in [3.05, 3.63) is 54.0 Å². The number of likely N-dealkylation sites (tertiary alicyclic amines) is 1. The van der Waals surface area contributed by atoms with Crippen LogP contribution in [0.2, 0.25) is 0 Å². The van der Waals surface area contributed by atoms with Crippen molar-refractivity contribution in [2.75, 3.05) is 18.4 Å². The fraction of sp³-hybridized carbons (Fsp3) is 0.450. The molecule has 26 heavy (non-hydrogen) atoms. The van der Waals surface area contributed by atoms with Gasteiger partial charge in [-0.3, -0.25) is 4.79 Å². The van der Waals surface area contributed by atoms with Crippen molar-refractivity contribution >= 4 is 11.7 Å². The average Bonchev–Trinajstić information content (AvgIpc) is 2.66. The van der Waals surface area contributed by atoms with E-state index in [2.05, 4.69) is 21.4 Å². The van der Waals surface area contributed by atoms with Gasteiger partial charge in [-0.2, -0.15) is 0 Å². The summed E-state index contributed by atoms with van der Waals surface area (Å²) in [5.74, 6) is 1.47. The van der Waals surface area contributed by atoms with Gasteiger partial charge < -0.3 is 16.0 Å². The van der Waals surface area contributed by atoms with Crippen molar-refractivity contribution in [2.45, 2.75) is 43.7 Å². The first-order valence-electron chi connectivity index (χ1n) is 9.37. The monoisotopic (exact) mass is 351 g/mol. The number of piperidine rings is 1. The van der Waals surface area contributed by atoms with E-state index in [-0.39, 0.29) is 5.91 Å². The second-order valence-corrected chi connectivity index (χ2v) is 7.33. The third kappa shape index (κ3) is 3.70. The van der Waals surface area contributed by atoms with Crippen LogP contribution < -0.4 is 11.1 Å². The average molecular weight is 351 g/mol. The van der Waals surface area contributed by atoms with Crippen LogP contribution in [0.15, 0.2) is 42.7 Å². The lowest BCUT2D eigenvalue weighted by molar-refractivity contribution is 0.0718. The molecule has 1 amide bonds. The molecule has 1 aromatic carbocycles. The predicted octanol–water partition coefficient (Wildman–Crippen LogP) is 2.40. The van der Waals surface area contributed by atoms with Gasteiger partial charge in [-0.05, 0) is 37.8 Å². The van der Waals surface area contributed by atoms with Gasteiger partial charge in [0.1, 0.15) is 12.1 Å². The van der Waals surface area contributed by atoms with E-state index in [1.54, 1.807) is 6.33 Å². The Hall–Kier alpha value is -2.47. The van der Waals surface area contributed by atoms with E-state index in [1.165, 1.54) is 0 Å². The van der Waals surface area contributed by atoms with Crippen LogP contribution in [0.4, 0.5) is 5.82 Å². The van der Waals surface area contributed by atoms with E-state index < -0.39 is 0 Å². The van der Waals surface area contributed by atoms with E-state index in [4.69, 9.17) is 5.73 Å². The minimum absolute atomic E-state index is 0.120. The van der Waals surface area contributed by atoms with Crippen LogP contribution in [0.5, 0.6) is 0 Å². The molecule has 2 fully saturated rings. The van der Waals surface area contributed by atoms with Crippen LogP contribution in [0.25, 0.3) is 0 Å². The Labute approximate surface area is 153 Å². The summed E-state index contributed by atoms with van der Waals surface area (Å²) in [4.78, 5) is 23.2. The highest BCUT2D eigenvalue weighted by Gasteiger charge is 2.29.